The van der Waals surface area contributed by atoms with E-state index in [1.807, 2.05) is 91.2 Å². The molecule has 6 nitrogen and oxygen atoms in total. The van der Waals surface area contributed by atoms with Gasteiger partial charge in [0, 0.05) is 16.0 Å². The number of fused-ring (bicyclic) bond motifs is 1. The second-order valence-corrected chi connectivity index (χ2v) is 10.7. The molecule has 5 rings (SSSR count). The number of thioether (sulfide) groups is 1. The molecule has 1 aromatic heterocycles. The highest BCUT2D eigenvalue weighted by Gasteiger charge is 2.35. The SMILES string of the molecule is C=CCOc1ccccc1/C=c1/sc2n(c1=O)C(c1ccc(SC)cc1)C(C(=O)OCC)=C(c1ccccc1)N=2. The molecule has 3 aromatic carbocycles. The Morgan fingerprint density at radius 1 is 1.07 bits per heavy atom. The van der Waals surface area contributed by atoms with Crippen molar-refractivity contribution in [1.82, 2.24) is 4.57 Å². The molecule has 0 radical (unpaired) electrons. The number of ether oxygens (including phenoxy) is 2. The third-order valence-electron chi connectivity index (χ3n) is 6.37. The maximum atomic E-state index is 14.1. The lowest BCUT2D eigenvalue weighted by molar-refractivity contribution is -0.138. The van der Waals surface area contributed by atoms with Gasteiger partial charge in [0.05, 0.1) is 28.5 Å². The highest BCUT2D eigenvalue weighted by molar-refractivity contribution is 7.98. The number of benzene rings is 3. The predicted molar refractivity (Wildman–Crippen MR) is 161 cm³/mol. The Morgan fingerprint density at radius 2 is 1.80 bits per heavy atom. The fraction of sp³-hybridized carbons (Fsp3) is 0.156. The second-order valence-electron chi connectivity index (χ2n) is 8.84. The third-order valence-corrected chi connectivity index (χ3v) is 8.09. The molecule has 0 saturated heterocycles. The van der Waals surface area contributed by atoms with Crippen molar-refractivity contribution in [2.24, 2.45) is 4.99 Å². The molecule has 0 N–H and O–H groups in total. The fourth-order valence-electron chi connectivity index (χ4n) is 4.56. The third kappa shape index (κ3) is 5.46. The lowest BCUT2D eigenvalue weighted by atomic mass is 9.93. The zero-order chi connectivity index (χ0) is 28.1. The van der Waals surface area contributed by atoms with Gasteiger partial charge in [0.15, 0.2) is 4.80 Å². The number of rotatable bonds is 9. The highest BCUT2D eigenvalue weighted by atomic mass is 32.2. The van der Waals surface area contributed by atoms with E-state index in [0.29, 0.717) is 33.0 Å². The summed E-state index contributed by atoms with van der Waals surface area (Å²) in [6, 6.07) is 24.3. The Balaban J connectivity index is 1.79. The Morgan fingerprint density at radius 3 is 2.50 bits per heavy atom. The number of carbonyl (C=O) groups is 1. The van der Waals surface area contributed by atoms with E-state index in [4.69, 9.17) is 14.5 Å². The van der Waals surface area contributed by atoms with Crippen molar-refractivity contribution in [3.05, 3.63) is 133 Å². The summed E-state index contributed by atoms with van der Waals surface area (Å²) in [5, 5.41) is 0. The van der Waals surface area contributed by atoms with Crippen LogP contribution in [0, 0.1) is 0 Å². The molecule has 0 saturated carbocycles. The molecular formula is C32H28N2O4S2. The van der Waals surface area contributed by atoms with Crippen molar-refractivity contribution in [2.45, 2.75) is 17.9 Å². The largest absolute Gasteiger partial charge is 0.489 e. The standard InChI is InChI=1S/C32H28N2O4S2/c1-4-19-38-25-14-10-9-13-23(25)20-26-30(35)34-29(22-15-17-24(39-3)18-16-22)27(31(36)37-5-2)28(33-32(34)40-26)21-11-7-6-8-12-21/h4,6-18,20,29H,1,5,19H2,2-3H3/b26-20+. The molecule has 1 aliphatic rings. The molecule has 0 aliphatic carbocycles. The van der Waals surface area contributed by atoms with Gasteiger partial charge in [-0.25, -0.2) is 9.79 Å². The zero-order valence-electron chi connectivity index (χ0n) is 22.2. The second kappa shape index (κ2) is 12.4. The van der Waals surface area contributed by atoms with Crippen LogP contribution in [0.5, 0.6) is 5.75 Å². The molecule has 0 amide bonds. The monoisotopic (exact) mass is 568 g/mol. The van der Waals surface area contributed by atoms with Gasteiger partial charge in [-0.2, -0.15) is 0 Å². The maximum Gasteiger partial charge on any atom is 0.338 e. The molecule has 0 bridgehead atoms. The first-order valence-corrected chi connectivity index (χ1v) is 14.8. The molecular weight excluding hydrogens is 540 g/mol. The topological polar surface area (TPSA) is 69.9 Å². The van der Waals surface area contributed by atoms with E-state index < -0.39 is 12.0 Å². The number of esters is 1. The zero-order valence-corrected chi connectivity index (χ0v) is 23.8. The molecule has 2 heterocycles. The summed E-state index contributed by atoms with van der Waals surface area (Å²) >= 11 is 2.91. The van der Waals surface area contributed by atoms with Crippen LogP contribution in [0.1, 0.15) is 29.7 Å². The lowest BCUT2D eigenvalue weighted by Gasteiger charge is -2.26. The number of hydrogen-bond acceptors (Lipinski definition) is 7. The van der Waals surface area contributed by atoms with Crippen LogP contribution in [0.4, 0.5) is 0 Å². The number of para-hydroxylation sites is 1. The van der Waals surface area contributed by atoms with E-state index in [9.17, 15) is 9.59 Å². The van der Waals surface area contributed by atoms with Crippen molar-refractivity contribution in [3.8, 4) is 5.75 Å². The Kier molecular flexibility index (Phi) is 8.48. The smallest absolute Gasteiger partial charge is 0.338 e. The Bertz CT molecular complexity index is 1750. The van der Waals surface area contributed by atoms with Gasteiger partial charge in [0.25, 0.3) is 5.56 Å². The van der Waals surface area contributed by atoms with E-state index in [1.165, 1.54) is 11.3 Å². The summed E-state index contributed by atoms with van der Waals surface area (Å²) < 4.78 is 13.4. The number of carbonyl (C=O) groups excluding carboxylic acids is 1. The number of thiazole rings is 1. The van der Waals surface area contributed by atoms with Gasteiger partial charge in [-0.1, -0.05) is 84.7 Å². The van der Waals surface area contributed by atoms with Crippen LogP contribution in [-0.2, 0) is 9.53 Å². The first kappa shape index (κ1) is 27.4. The predicted octanol–water partition coefficient (Wildman–Crippen LogP) is 5.22. The van der Waals surface area contributed by atoms with Gasteiger partial charge < -0.3 is 9.47 Å². The molecule has 8 heteroatoms. The van der Waals surface area contributed by atoms with Crippen LogP contribution >= 0.6 is 23.1 Å². The fourth-order valence-corrected chi connectivity index (χ4v) is 5.96. The molecule has 1 atom stereocenters. The average Bonchev–Trinajstić information content (AvgIpc) is 3.30. The van der Waals surface area contributed by atoms with E-state index in [2.05, 4.69) is 6.58 Å². The molecule has 0 spiro atoms. The minimum Gasteiger partial charge on any atom is -0.489 e. The lowest BCUT2D eigenvalue weighted by Crippen LogP contribution is -2.40. The average molecular weight is 569 g/mol. The van der Waals surface area contributed by atoms with E-state index >= 15 is 0 Å². The van der Waals surface area contributed by atoms with Crippen LogP contribution in [0.3, 0.4) is 0 Å². The van der Waals surface area contributed by atoms with Crippen LogP contribution in [0.15, 0.2) is 112 Å². The first-order chi connectivity index (χ1) is 19.5. The van der Waals surface area contributed by atoms with Crippen LogP contribution in [0.2, 0.25) is 0 Å². The van der Waals surface area contributed by atoms with Crippen LogP contribution in [-0.4, -0.2) is 30.0 Å². The van der Waals surface area contributed by atoms with Crippen molar-refractivity contribution < 1.29 is 14.3 Å². The Labute approximate surface area is 240 Å². The number of aromatic nitrogens is 1. The van der Waals surface area contributed by atoms with Gasteiger partial charge in [-0.05, 0) is 43.0 Å². The summed E-state index contributed by atoms with van der Waals surface area (Å²) in [7, 11) is 0. The number of nitrogens with zero attached hydrogens (tertiary/aromatic N) is 2. The molecule has 4 aromatic rings. The number of hydrogen-bond donors (Lipinski definition) is 0. The van der Waals surface area contributed by atoms with Gasteiger partial charge >= 0.3 is 5.97 Å². The summed E-state index contributed by atoms with van der Waals surface area (Å²) in [5.74, 6) is 0.149. The summed E-state index contributed by atoms with van der Waals surface area (Å²) in [6.45, 7) is 6.04. The normalized spacial score (nSPS) is 14.8. The van der Waals surface area contributed by atoms with Crippen molar-refractivity contribution >= 4 is 40.8 Å². The molecule has 202 valence electrons. The molecule has 1 aliphatic heterocycles. The molecule has 0 fully saturated rings. The van der Waals surface area contributed by atoms with Crippen molar-refractivity contribution in [3.63, 3.8) is 0 Å². The summed E-state index contributed by atoms with van der Waals surface area (Å²) in [6.07, 6.45) is 5.49. The quantitative estimate of drug-likeness (QED) is 0.157. The summed E-state index contributed by atoms with van der Waals surface area (Å²) in [4.78, 5) is 34.1. The van der Waals surface area contributed by atoms with Crippen molar-refractivity contribution in [1.29, 1.82) is 0 Å². The summed E-state index contributed by atoms with van der Waals surface area (Å²) in [5.41, 5.74) is 2.93. The maximum absolute atomic E-state index is 14.1. The van der Waals surface area contributed by atoms with Crippen LogP contribution < -0.4 is 19.6 Å². The minimum absolute atomic E-state index is 0.203. The van der Waals surface area contributed by atoms with E-state index in [0.717, 1.165) is 21.6 Å². The van der Waals surface area contributed by atoms with Crippen LogP contribution in [0.25, 0.3) is 11.8 Å². The molecule has 40 heavy (non-hydrogen) atoms. The van der Waals surface area contributed by atoms with E-state index in [-0.39, 0.29) is 12.2 Å². The van der Waals surface area contributed by atoms with Crippen molar-refractivity contribution in [2.75, 3.05) is 19.5 Å². The van der Waals surface area contributed by atoms with Gasteiger partial charge in [0.1, 0.15) is 12.4 Å². The van der Waals surface area contributed by atoms with E-state index in [1.54, 1.807) is 29.3 Å². The minimum atomic E-state index is -0.712. The molecule has 1 unspecified atom stereocenters. The Hall–Kier alpha value is -4.14. The van der Waals surface area contributed by atoms with Gasteiger partial charge in [-0.3, -0.25) is 9.36 Å². The highest BCUT2D eigenvalue weighted by Crippen LogP contribution is 2.35. The van der Waals surface area contributed by atoms with Gasteiger partial charge in [-0.15, -0.1) is 11.8 Å². The first-order valence-electron chi connectivity index (χ1n) is 12.8. The van der Waals surface area contributed by atoms with Gasteiger partial charge in [0.2, 0.25) is 0 Å².